The van der Waals surface area contributed by atoms with Gasteiger partial charge in [-0.15, -0.1) is 0 Å². The molecule has 0 radical (unpaired) electrons. The lowest BCUT2D eigenvalue weighted by Gasteiger charge is -2.04. The molecule has 0 aliphatic carbocycles. The van der Waals surface area contributed by atoms with Crippen molar-refractivity contribution in [2.75, 3.05) is 13.2 Å². The van der Waals surface area contributed by atoms with Crippen molar-refractivity contribution in [3.8, 4) is 0 Å². The van der Waals surface area contributed by atoms with Gasteiger partial charge in [0.2, 0.25) is 0 Å². The molecule has 0 atom stereocenters. The van der Waals surface area contributed by atoms with E-state index >= 15 is 0 Å². The van der Waals surface area contributed by atoms with Crippen molar-refractivity contribution in [1.82, 2.24) is 14.7 Å². The van der Waals surface area contributed by atoms with Crippen LogP contribution in [-0.2, 0) is 26.0 Å². The minimum atomic E-state index is -3.64. The number of imidazole rings is 1. The van der Waals surface area contributed by atoms with E-state index in [9.17, 15) is 13.2 Å². The minimum absolute atomic E-state index is 0.00163. The Hall–Kier alpha value is -1.41. The van der Waals surface area contributed by atoms with E-state index in [-0.39, 0.29) is 24.6 Å². The standard InChI is InChI=1S/C10H17N3O4S/c1-3-8-11-7-9(13-8)18(15,16)12-6-5-10(14)17-4-2/h7,12H,3-6H2,1-2H3,(H,11,13). The summed E-state index contributed by atoms with van der Waals surface area (Å²) in [5, 5.41) is 0.00297. The van der Waals surface area contributed by atoms with Crippen LogP contribution >= 0.6 is 0 Å². The van der Waals surface area contributed by atoms with Crippen LogP contribution in [0.5, 0.6) is 0 Å². The van der Waals surface area contributed by atoms with Gasteiger partial charge in [0.1, 0.15) is 5.82 Å². The lowest BCUT2D eigenvalue weighted by atomic mass is 10.4. The molecular formula is C10H17N3O4S. The third kappa shape index (κ3) is 4.11. The number of carbonyl (C=O) groups excluding carboxylic acids is 1. The largest absolute Gasteiger partial charge is 0.466 e. The molecule has 0 aliphatic heterocycles. The van der Waals surface area contributed by atoms with Crippen LogP contribution in [0.15, 0.2) is 11.2 Å². The zero-order chi connectivity index (χ0) is 13.6. The monoisotopic (exact) mass is 275 g/mol. The topological polar surface area (TPSA) is 101 Å². The van der Waals surface area contributed by atoms with Gasteiger partial charge in [-0.25, -0.2) is 18.1 Å². The van der Waals surface area contributed by atoms with Gasteiger partial charge >= 0.3 is 5.97 Å². The zero-order valence-electron chi connectivity index (χ0n) is 10.4. The Kier molecular flexibility index (Phi) is 5.29. The number of aromatic amines is 1. The van der Waals surface area contributed by atoms with E-state index in [1.165, 1.54) is 6.20 Å². The van der Waals surface area contributed by atoms with Crippen LogP contribution in [0.1, 0.15) is 26.1 Å². The predicted octanol–water partition coefficient (Wildman–Crippen LogP) is 0.204. The Morgan fingerprint density at radius 2 is 2.22 bits per heavy atom. The van der Waals surface area contributed by atoms with Crippen molar-refractivity contribution in [3.05, 3.63) is 12.0 Å². The number of nitrogens with one attached hydrogen (secondary N) is 2. The van der Waals surface area contributed by atoms with Crippen LogP contribution < -0.4 is 4.72 Å². The molecule has 0 unspecified atom stereocenters. The Morgan fingerprint density at radius 3 is 2.78 bits per heavy atom. The lowest BCUT2D eigenvalue weighted by Crippen LogP contribution is -2.27. The van der Waals surface area contributed by atoms with E-state index in [0.29, 0.717) is 12.2 Å². The molecule has 2 N–H and O–H groups in total. The van der Waals surface area contributed by atoms with Crippen molar-refractivity contribution < 1.29 is 17.9 Å². The maximum Gasteiger partial charge on any atom is 0.307 e. The summed E-state index contributed by atoms with van der Waals surface area (Å²) in [6.45, 7) is 3.84. The molecule has 0 spiro atoms. The Labute approximate surface area is 106 Å². The van der Waals surface area contributed by atoms with Crippen LogP contribution in [0.4, 0.5) is 0 Å². The molecule has 7 nitrogen and oxygen atoms in total. The van der Waals surface area contributed by atoms with Crippen LogP contribution in [0.25, 0.3) is 0 Å². The fourth-order valence-corrected chi connectivity index (χ4v) is 2.23. The summed E-state index contributed by atoms with van der Waals surface area (Å²) in [5.41, 5.74) is 0. The van der Waals surface area contributed by atoms with Crippen LogP contribution in [0.3, 0.4) is 0 Å². The number of hydrogen-bond donors (Lipinski definition) is 2. The first-order valence-electron chi connectivity index (χ1n) is 5.68. The molecule has 1 aromatic rings. The second-order valence-corrected chi connectivity index (χ2v) is 5.24. The van der Waals surface area contributed by atoms with E-state index in [4.69, 9.17) is 0 Å². The number of aromatic nitrogens is 2. The maximum atomic E-state index is 11.8. The number of aryl methyl sites for hydroxylation is 1. The Bertz CT molecular complexity index is 495. The fraction of sp³-hybridized carbons (Fsp3) is 0.600. The molecule has 1 heterocycles. The molecule has 0 saturated heterocycles. The average Bonchev–Trinajstić information content (AvgIpc) is 2.78. The summed E-state index contributed by atoms with van der Waals surface area (Å²) in [5.74, 6) is 0.167. The van der Waals surface area contributed by atoms with Gasteiger partial charge in [-0.1, -0.05) is 6.92 Å². The van der Waals surface area contributed by atoms with Gasteiger partial charge in [0.25, 0.3) is 10.0 Å². The molecule has 0 saturated carbocycles. The van der Waals surface area contributed by atoms with Crippen molar-refractivity contribution in [2.24, 2.45) is 0 Å². The van der Waals surface area contributed by atoms with E-state index in [2.05, 4.69) is 19.4 Å². The minimum Gasteiger partial charge on any atom is -0.466 e. The number of H-pyrrole nitrogens is 1. The molecule has 0 aromatic carbocycles. The molecular weight excluding hydrogens is 258 g/mol. The molecule has 0 fully saturated rings. The number of carbonyl (C=O) groups is 1. The Morgan fingerprint density at radius 1 is 1.50 bits per heavy atom. The number of rotatable bonds is 7. The fourth-order valence-electron chi connectivity index (χ4n) is 1.26. The number of hydrogen-bond acceptors (Lipinski definition) is 5. The summed E-state index contributed by atoms with van der Waals surface area (Å²) in [7, 11) is -3.64. The van der Waals surface area contributed by atoms with Crippen LogP contribution in [0, 0.1) is 0 Å². The molecule has 102 valence electrons. The molecule has 1 rings (SSSR count). The van der Waals surface area contributed by atoms with Gasteiger partial charge in [-0.05, 0) is 6.92 Å². The summed E-state index contributed by atoms with van der Waals surface area (Å²) in [6, 6.07) is 0. The van der Waals surface area contributed by atoms with Crippen LogP contribution in [0.2, 0.25) is 0 Å². The highest BCUT2D eigenvalue weighted by Crippen LogP contribution is 2.05. The van der Waals surface area contributed by atoms with Gasteiger partial charge in [0.15, 0.2) is 5.03 Å². The van der Waals surface area contributed by atoms with E-state index < -0.39 is 16.0 Å². The van der Waals surface area contributed by atoms with Crippen molar-refractivity contribution in [3.63, 3.8) is 0 Å². The summed E-state index contributed by atoms with van der Waals surface area (Å²) in [4.78, 5) is 17.6. The molecule has 1 aromatic heterocycles. The van der Waals surface area contributed by atoms with Gasteiger partial charge in [0, 0.05) is 13.0 Å². The highest BCUT2D eigenvalue weighted by molar-refractivity contribution is 7.89. The highest BCUT2D eigenvalue weighted by Gasteiger charge is 2.16. The highest BCUT2D eigenvalue weighted by atomic mass is 32.2. The first-order chi connectivity index (χ1) is 8.49. The maximum absolute atomic E-state index is 11.8. The third-order valence-corrected chi connectivity index (χ3v) is 3.53. The number of esters is 1. The smallest absolute Gasteiger partial charge is 0.307 e. The first kappa shape index (κ1) is 14.7. The number of sulfonamides is 1. The van der Waals surface area contributed by atoms with Crippen LogP contribution in [-0.4, -0.2) is 37.5 Å². The molecule has 0 bridgehead atoms. The van der Waals surface area contributed by atoms with Gasteiger partial charge < -0.3 is 9.72 Å². The van der Waals surface area contributed by atoms with Gasteiger partial charge in [0.05, 0.1) is 19.2 Å². The lowest BCUT2D eigenvalue weighted by molar-refractivity contribution is -0.142. The third-order valence-electron chi connectivity index (χ3n) is 2.16. The normalized spacial score (nSPS) is 11.4. The molecule has 18 heavy (non-hydrogen) atoms. The average molecular weight is 275 g/mol. The second kappa shape index (κ2) is 6.50. The zero-order valence-corrected chi connectivity index (χ0v) is 11.2. The quantitative estimate of drug-likeness (QED) is 0.692. The number of ether oxygens (including phenoxy) is 1. The second-order valence-electron chi connectivity index (χ2n) is 3.50. The van der Waals surface area contributed by atoms with Gasteiger partial charge in [-0.2, -0.15) is 0 Å². The SMILES string of the molecule is CCOC(=O)CCNS(=O)(=O)c1cnc(CC)[nH]1. The molecule has 0 amide bonds. The van der Waals surface area contributed by atoms with Crippen molar-refractivity contribution in [2.45, 2.75) is 31.7 Å². The summed E-state index contributed by atoms with van der Waals surface area (Å²) in [6.07, 6.45) is 1.88. The molecule has 8 heteroatoms. The van der Waals surface area contributed by atoms with E-state index in [1.54, 1.807) is 6.92 Å². The summed E-state index contributed by atoms with van der Waals surface area (Å²) < 4.78 is 30.5. The molecule has 0 aliphatic rings. The van der Waals surface area contributed by atoms with Gasteiger partial charge in [-0.3, -0.25) is 4.79 Å². The Balaban J connectivity index is 2.52. The van der Waals surface area contributed by atoms with Crippen molar-refractivity contribution >= 4 is 16.0 Å². The van der Waals surface area contributed by atoms with Crippen molar-refractivity contribution in [1.29, 1.82) is 0 Å². The van der Waals surface area contributed by atoms with E-state index in [1.807, 2.05) is 6.92 Å². The summed E-state index contributed by atoms with van der Waals surface area (Å²) >= 11 is 0. The number of nitrogens with zero attached hydrogens (tertiary/aromatic N) is 1. The first-order valence-corrected chi connectivity index (χ1v) is 7.17. The predicted molar refractivity (Wildman–Crippen MR) is 64.4 cm³/mol. The van der Waals surface area contributed by atoms with E-state index in [0.717, 1.165) is 0 Å².